The highest BCUT2D eigenvalue weighted by Gasteiger charge is 2.26. The molecule has 40 heavy (non-hydrogen) atoms. The third kappa shape index (κ3) is 7.25. The lowest BCUT2D eigenvalue weighted by Crippen LogP contribution is -2.37. The summed E-state index contributed by atoms with van der Waals surface area (Å²) in [6, 6.07) is 4.05. The molecule has 0 atom stereocenters. The lowest BCUT2D eigenvalue weighted by molar-refractivity contribution is -0.142. The van der Waals surface area contributed by atoms with Gasteiger partial charge in [-0.25, -0.2) is 9.97 Å². The Kier molecular flexibility index (Phi) is 9.80. The van der Waals surface area contributed by atoms with Gasteiger partial charge in [-0.3, -0.25) is 14.9 Å². The SMILES string of the molecule is O=C(Nc1nc(-c2cc(Cl)cs2)c(NCCNC2CCCCC2)s1)c1cnc(N2CCC(C(=O)O)CC2)c(Cl)c1. The molecule has 4 heterocycles. The van der Waals surface area contributed by atoms with Gasteiger partial charge in [0.2, 0.25) is 0 Å². The second-order valence-electron chi connectivity index (χ2n) is 10.1. The topological polar surface area (TPSA) is 119 Å². The molecule has 3 aromatic heterocycles. The summed E-state index contributed by atoms with van der Waals surface area (Å²) in [4.78, 5) is 36.4. The summed E-state index contributed by atoms with van der Waals surface area (Å²) >= 11 is 15.6. The molecule has 0 bridgehead atoms. The minimum absolute atomic E-state index is 0.316. The average Bonchev–Trinajstić information content (AvgIpc) is 3.57. The van der Waals surface area contributed by atoms with E-state index in [1.807, 2.05) is 16.3 Å². The summed E-state index contributed by atoms with van der Waals surface area (Å²) in [7, 11) is 0. The van der Waals surface area contributed by atoms with Crippen LogP contribution in [0.15, 0.2) is 23.7 Å². The molecule has 1 aliphatic heterocycles. The number of piperidine rings is 1. The fourth-order valence-corrected chi connectivity index (χ4v) is 7.47. The molecule has 2 aliphatic rings. The number of thiazole rings is 1. The van der Waals surface area contributed by atoms with Crippen molar-refractivity contribution < 1.29 is 14.7 Å². The molecule has 214 valence electrons. The standard InChI is InChI=1S/C27H32Cl2N6O3S2/c28-18-13-21(39-15-18)22-25(31-9-8-30-19-4-2-1-3-5-19)40-27(33-22)34-24(36)17-12-20(29)23(32-14-17)35-10-6-16(7-11-35)26(37)38/h12-16,19,30-31H,1-11H2,(H,37,38)(H,33,34,36). The van der Waals surface area contributed by atoms with Crippen LogP contribution in [0.5, 0.6) is 0 Å². The maximum atomic E-state index is 13.1. The molecule has 1 saturated carbocycles. The number of nitrogens with one attached hydrogen (secondary N) is 3. The number of carboxylic acid groups (broad SMARTS) is 1. The summed E-state index contributed by atoms with van der Waals surface area (Å²) in [6.07, 6.45) is 8.94. The van der Waals surface area contributed by atoms with Gasteiger partial charge >= 0.3 is 5.97 Å². The fourth-order valence-electron chi connectivity index (χ4n) is 5.15. The highest BCUT2D eigenvalue weighted by molar-refractivity contribution is 7.21. The number of aliphatic carboxylic acids is 1. The minimum atomic E-state index is -0.771. The van der Waals surface area contributed by atoms with Crippen LogP contribution in [0.2, 0.25) is 10.0 Å². The van der Waals surface area contributed by atoms with Gasteiger partial charge in [-0.15, -0.1) is 11.3 Å². The lowest BCUT2D eigenvalue weighted by atomic mass is 9.95. The normalized spacial score (nSPS) is 16.7. The predicted molar refractivity (Wildman–Crippen MR) is 164 cm³/mol. The van der Waals surface area contributed by atoms with Gasteiger partial charge in [0.1, 0.15) is 16.5 Å². The summed E-state index contributed by atoms with van der Waals surface area (Å²) in [5, 5.41) is 23.4. The highest BCUT2D eigenvalue weighted by atomic mass is 35.5. The number of amides is 1. The summed E-state index contributed by atoms with van der Waals surface area (Å²) < 4.78 is 0. The van der Waals surface area contributed by atoms with Crippen molar-refractivity contribution in [2.24, 2.45) is 5.92 Å². The molecule has 0 aromatic carbocycles. The van der Waals surface area contributed by atoms with Crippen LogP contribution in [0.3, 0.4) is 0 Å². The molecule has 0 radical (unpaired) electrons. The molecule has 9 nitrogen and oxygen atoms in total. The second kappa shape index (κ2) is 13.5. The molecule has 1 amide bonds. The zero-order valence-electron chi connectivity index (χ0n) is 21.9. The number of halogens is 2. The van der Waals surface area contributed by atoms with E-state index >= 15 is 0 Å². The van der Waals surface area contributed by atoms with Crippen molar-refractivity contribution in [3.63, 3.8) is 0 Å². The first-order chi connectivity index (χ1) is 19.4. The van der Waals surface area contributed by atoms with Crippen LogP contribution in [-0.2, 0) is 4.79 Å². The zero-order valence-corrected chi connectivity index (χ0v) is 25.1. The van der Waals surface area contributed by atoms with E-state index in [9.17, 15) is 14.7 Å². The Labute approximate surface area is 251 Å². The molecule has 13 heteroatoms. The van der Waals surface area contributed by atoms with Gasteiger partial charge in [-0.05, 0) is 37.8 Å². The van der Waals surface area contributed by atoms with E-state index in [2.05, 4.69) is 20.9 Å². The quantitative estimate of drug-likeness (QED) is 0.190. The van der Waals surface area contributed by atoms with E-state index in [0.717, 1.165) is 28.7 Å². The largest absolute Gasteiger partial charge is 0.481 e. The van der Waals surface area contributed by atoms with Crippen LogP contribution >= 0.6 is 45.9 Å². The molecule has 4 N–H and O–H groups in total. The molecular weight excluding hydrogens is 591 g/mol. The predicted octanol–water partition coefficient (Wildman–Crippen LogP) is 6.46. The average molecular weight is 624 g/mol. The van der Waals surface area contributed by atoms with E-state index in [4.69, 9.17) is 28.2 Å². The van der Waals surface area contributed by atoms with Crippen molar-refractivity contribution in [3.8, 4) is 10.6 Å². The van der Waals surface area contributed by atoms with E-state index in [-0.39, 0.29) is 11.8 Å². The number of anilines is 3. The maximum Gasteiger partial charge on any atom is 0.306 e. The van der Waals surface area contributed by atoms with Gasteiger partial charge < -0.3 is 20.6 Å². The Bertz CT molecular complexity index is 1340. The van der Waals surface area contributed by atoms with Crippen molar-refractivity contribution in [3.05, 3.63) is 39.3 Å². The van der Waals surface area contributed by atoms with Crippen LogP contribution in [0.25, 0.3) is 10.6 Å². The highest BCUT2D eigenvalue weighted by Crippen LogP contribution is 2.40. The van der Waals surface area contributed by atoms with Gasteiger partial charge in [-0.2, -0.15) is 0 Å². The van der Waals surface area contributed by atoms with Gasteiger partial charge in [0.05, 0.1) is 26.4 Å². The zero-order chi connectivity index (χ0) is 28.1. The summed E-state index contributed by atoms with van der Waals surface area (Å²) in [5.74, 6) is -0.921. The Balaban J connectivity index is 1.23. The van der Waals surface area contributed by atoms with Gasteiger partial charge in [0.25, 0.3) is 5.91 Å². The van der Waals surface area contributed by atoms with Crippen molar-refractivity contribution in [1.82, 2.24) is 15.3 Å². The molecule has 0 unspecified atom stereocenters. The Morgan fingerprint density at radius 1 is 1.07 bits per heavy atom. The van der Waals surface area contributed by atoms with E-state index in [1.54, 1.807) is 6.07 Å². The van der Waals surface area contributed by atoms with Crippen molar-refractivity contribution in [1.29, 1.82) is 0 Å². The van der Waals surface area contributed by atoms with Gasteiger partial charge in [0, 0.05) is 43.8 Å². The number of rotatable bonds is 10. The first-order valence-corrected chi connectivity index (χ1v) is 16.0. The number of carbonyl (C=O) groups is 2. The molecule has 1 aliphatic carbocycles. The van der Waals surface area contributed by atoms with Crippen molar-refractivity contribution >= 4 is 73.7 Å². The van der Waals surface area contributed by atoms with Crippen LogP contribution in [0, 0.1) is 5.92 Å². The number of hydrogen-bond acceptors (Lipinski definition) is 9. The number of nitrogens with zero attached hydrogens (tertiary/aromatic N) is 3. The summed E-state index contributed by atoms with van der Waals surface area (Å²) in [6.45, 7) is 2.69. The summed E-state index contributed by atoms with van der Waals surface area (Å²) in [5.41, 5.74) is 1.07. The van der Waals surface area contributed by atoms with Crippen molar-refractivity contribution in [2.75, 3.05) is 41.7 Å². The molecular formula is C27H32Cl2N6O3S2. The third-order valence-corrected chi connectivity index (χ3v) is 9.82. The maximum absolute atomic E-state index is 13.1. The number of aromatic nitrogens is 2. The molecule has 3 aromatic rings. The van der Waals surface area contributed by atoms with E-state index < -0.39 is 5.97 Å². The van der Waals surface area contributed by atoms with E-state index in [1.165, 1.54) is 61.0 Å². The number of carboxylic acids is 1. The molecule has 5 rings (SSSR count). The third-order valence-electron chi connectivity index (χ3n) is 7.32. The lowest BCUT2D eigenvalue weighted by Gasteiger charge is -2.31. The van der Waals surface area contributed by atoms with Crippen LogP contribution < -0.4 is 20.9 Å². The Morgan fingerprint density at radius 3 is 2.52 bits per heavy atom. The molecule has 1 saturated heterocycles. The minimum Gasteiger partial charge on any atom is -0.481 e. The van der Waals surface area contributed by atoms with Gasteiger partial charge in [0.15, 0.2) is 5.13 Å². The first kappa shape index (κ1) is 29.1. The smallest absolute Gasteiger partial charge is 0.306 e. The molecule has 2 fully saturated rings. The second-order valence-corrected chi connectivity index (χ2v) is 12.9. The Morgan fingerprint density at radius 2 is 1.85 bits per heavy atom. The van der Waals surface area contributed by atoms with Crippen LogP contribution in [-0.4, -0.2) is 59.2 Å². The van der Waals surface area contributed by atoms with Crippen molar-refractivity contribution in [2.45, 2.75) is 51.0 Å². The number of thiophene rings is 1. The number of pyridine rings is 1. The molecule has 0 spiro atoms. The fraction of sp³-hybridized carbons (Fsp3) is 0.481. The Hall–Kier alpha value is -2.44. The monoisotopic (exact) mass is 622 g/mol. The van der Waals surface area contributed by atoms with E-state index in [0.29, 0.717) is 58.5 Å². The van der Waals surface area contributed by atoms with Crippen LogP contribution in [0.4, 0.5) is 16.0 Å². The van der Waals surface area contributed by atoms with Gasteiger partial charge in [-0.1, -0.05) is 53.8 Å². The number of hydrogen-bond donors (Lipinski definition) is 4. The number of carbonyl (C=O) groups excluding carboxylic acids is 1. The first-order valence-electron chi connectivity index (χ1n) is 13.5. The van der Waals surface area contributed by atoms with Crippen LogP contribution in [0.1, 0.15) is 55.3 Å².